The Kier molecular flexibility index (Phi) is 6.26. The van der Waals surface area contributed by atoms with Crippen molar-refractivity contribution in [3.8, 4) is 11.5 Å². The molecule has 0 aromatic heterocycles. The van der Waals surface area contributed by atoms with Gasteiger partial charge in [-0.1, -0.05) is 18.2 Å². The zero-order valence-electron chi connectivity index (χ0n) is 14.4. The molecule has 26 heavy (non-hydrogen) atoms. The smallest absolute Gasteiger partial charge is 0.270 e. The molecule has 2 aromatic carbocycles. The molecule has 0 unspecified atom stereocenters. The number of benzene rings is 2. The Balaban J connectivity index is 2.01. The van der Waals surface area contributed by atoms with Crippen molar-refractivity contribution >= 4 is 17.9 Å². The first-order chi connectivity index (χ1) is 12.5. The lowest BCUT2D eigenvalue weighted by Crippen LogP contribution is -2.31. The fraction of sp³-hybridized carbons (Fsp3) is 0.222. The molecule has 0 saturated heterocycles. The van der Waals surface area contributed by atoms with Crippen LogP contribution in [0, 0.1) is 10.1 Å². The topological polar surface area (TPSA) is 99.0 Å². The van der Waals surface area contributed by atoms with Crippen LogP contribution >= 0.6 is 0 Å². The number of likely N-dealkylation sites (N-methyl/N-ethyl adjacent to an activating group) is 1. The highest BCUT2D eigenvalue weighted by Crippen LogP contribution is 2.23. The number of nitro groups is 1. The van der Waals surface area contributed by atoms with Gasteiger partial charge in [-0.3, -0.25) is 19.7 Å². The van der Waals surface area contributed by atoms with Crippen molar-refractivity contribution in [1.29, 1.82) is 0 Å². The van der Waals surface area contributed by atoms with Crippen LogP contribution in [0.2, 0.25) is 0 Å². The lowest BCUT2D eigenvalue weighted by molar-refractivity contribution is -0.384. The SMILES string of the molecule is COc1ccccc1CN(C)C(=O)COc1ccc([N+](=O)[O-])cc1C=O. The van der Waals surface area contributed by atoms with Gasteiger partial charge in [-0.25, -0.2) is 0 Å². The van der Waals surface area contributed by atoms with Gasteiger partial charge in [0.05, 0.1) is 17.6 Å². The Morgan fingerprint density at radius 1 is 1.23 bits per heavy atom. The molecule has 8 nitrogen and oxygen atoms in total. The van der Waals surface area contributed by atoms with Crippen molar-refractivity contribution in [2.45, 2.75) is 6.54 Å². The van der Waals surface area contributed by atoms with Gasteiger partial charge < -0.3 is 14.4 Å². The summed E-state index contributed by atoms with van der Waals surface area (Å²) < 4.78 is 10.6. The van der Waals surface area contributed by atoms with Gasteiger partial charge in [-0.2, -0.15) is 0 Å². The van der Waals surface area contributed by atoms with Crippen molar-refractivity contribution in [3.63, 3.8) is 0 Å². The van der Waals surface area contributed by atoms with Crippen molar-refractivity contribution in [2.75, 3.05) is 20.8 Å². The van der Waals surface area contributed by atoms with E-state index in [1.54, 1.807) is 20.2 Å². The van der Waals surface area contributed by atoms with Gasteiger partial charge in [-0.05, 0) is 12.1 Å². The van der Waals surface area contributed by atoms with Gasteiger partial charge in [0.25, 0.3) is 11.6 Å². The average molecular weight is 358 g/mol. The zero-order valence-corrected chi connectivity index (χ0v) is 14.4. The molecule has 0 saturated carbocycles. The molecule has 0 bridgehead atoms. The summed E-state index contributed by atoms with van der Waals surface area (Å²) in [5.74, 6) is 0.474. The summed E-state index contributed by atoms with van der Waals surface area (Å²) in [5.41, 5.74) is 0.633. The van der Waals surface area contributed by atoms with Crippen LogP contribution in [0.3, 0.4) is 0 Å². The second-order valence-corrected chi connectivity index (χ2v) is 5.45. The van der Waals surface area contributed by atoms with Crippen LogP contribution in [-0.2, 0) is 11.3 Å². The average Bonchev–Trinajstić information content (AvgIpc) is 2.66. The summed E-state index contributed by atoms with van der Waals surface area (Å²) in [6.45, 7) is 0.0251. The van der Waals surface area contributed by atoms with E-state index in [2.05, 4.69) is 0 Å². The first-order valence-corrected chi connectivity index (χ1v) is 7.68. The van der Waals surface area contributed by atoms with Crippen LogP contribution in [0.5, 0.6) is 11.5 Å². The molecule has 0 aliphatic rings. The monoisotopic (exact) mass is 358 g/mol. The molecule has 0 aliphatic heterocycles. The molecule has 0 heterocycles. The predicted molar refractivity (Wildman–Crippen MR) is 93.4 cm³/mol. The van der Waals surface area contributed by atoms with Gasteiger partial charge in [0.2, 0.25) is 0 Å². The minimum absolute atomic E-state index is 0.0133. The highest BCUT2D eigenvalue weighted by Gasteiger charge is 2.15. The number of methoxy groups -OCH3 is 1. The van der Waals surface area contributed by atoms with Crippen LogP contribution < -0.4 is 9.47 Å². The van der Waals surface area contributed by atoms with Gasteiger partial charge in [0, 0.05) is 31.3 Å². The molecule has 2 rings (SSSR count). The van der Waals surface area contributed by atoms with E-state index in [1.165, 1.54) is 17.0 Å². The first-order valence-electron chi connectivity index (χ1n) is 7.68. The summed E-state index contributed by atoms with van der Waals surface area (Å²) in [6.07, 6.45) is 0.450. The molecule has 2 aromatic rings. The van der Waals surface area contributed by atoms with Gasteiger partial charge in [-0.15, -0.1) is 0 Å². The molecular weight excluding hydrogens is 340 g/mol. The lowest BCUT2D eigenvalue weighted by atomic mass is 10.2. The fourth-order valence-corrected chi connectivity index (χ4v) is 2.30. The normalized spacial score (nSPS) is 10.1. The minimum Gasteiger partial charge on any atom is -0.496 e. The Morgan fingerprint density at radius 3 is 2.62 bits per heavy atom. The molecule has 0 N–H and O–H groups in total. The van der Waals surface area contributed by atoms with E-state index in [0.717, 1.165) is 11.6 Å². The number of hydrogen-bond donors (Lipinski definition) is 0. The quantitative estimate of drug-likeness (QED) is 0.408. The van der Waals surface area contributed by atoms with Crippen LogP contribution in [0.4, 0.5) is 5.69 Å². The van der Waals surface area contributed by atoms with Crippen molar-refractivity contribution in [3.05, 3.63) is 63.7 Å². The van der Waals surface area contributed by atoms with Gasteiger partial charge >= 0.3 is 0 Å². The van der Waals surface area contributed by atoms with E-state index in [4.69, 9.17) is 9.47 Å². The van der Waals surface area contributed by atoms with E-state index in [-0.39, 0.29) is 29.5 Å². The molecule has 0 aliphatic carbocycles. The molecule has 0 fully saturated rings. The number of nitrogens with zero attached hydrogens (tertiary/aromatic N) is 2. The maximum absolute atomic E-state index is 12.3. The Morgan fingerprint density at radius 2 is 1.96 bits per heavy atom. The van der Waals surface area contributed by atoms with Crippen LogP contribution in [-0.4, -0.2) is 42.8 Å². The second kappa shape index (κ2) is 8.61. The predicted octanol–water partition coefficient (Wildman–Crippen LogP) is 2.45. The Labute approximate surface area is 150 Å². The number of rotatable bonds is 8. The summed E-state index contributed by atoms with van der Waals surface area (Å²) in [7, 11) is 3.17. The number of ether oxygens (including phenoxy) is 2. The molecular formula is C18H18N2O6. The number of amides is 1. The molecule has 8 heteroatoms. The Bertz CT molecular complexity index is 821. The minimum atomic E-state index is -0.608. The summed E-state index contributed by atoms with van der Waals surface area (Å²) in [6, 6.07) is 11.0. The number of non-ortho nitro benzene ring substituents is 1. The summed E-state index contributed by atoms with van der Waals surface area (Å²) >= 11 is 0. The van der Waals surface area contributed by atoms with Crippen molar-refractivity contribution in [1.82, 2.24) is 4.90 Å². The maximum Gasteiger partial charge on any atom is 0.270 e. The summed E-state index contributed by atoms with van der Waals surface area (Å²) in [4.78, 5) is 34.9. The van der Waals surface area contributed by atoms with Crippen molar-refractivity contribution in [2.24, 2.45) is 0 Å². The molecule has 136 valence electrons. The summed E-state index contributed by atoms with van der Waals surface area (Å²) in [5, 5.41) is 10.7. The van der Waals surface area contributed by atoms with Gasteiger partial charge in [0.1, 0.15) is 11.5 Å². The number of nitro benzene ring substituents is 1. The van der Waals surface area contributed by atoms with Crippen LogP contribution in [0.15, 0.2) is 42.5 Å². The molecule has 0 atom stereocenters. The van der Waals surface area contributed by atoms with Gasteiger partial charge in [0.15, 0.2) is 12.9 Å². The number of aldehydes is 1. The second-order valence-electron chi connectivity index (χ2n) is 5.45. The van der Waals surface area contributed by atoms with E-state index < -0.39 is 4.92 Å². The number of carbonyl (C=O) groups excluding carboxylic acids is 2. The maximum atomic E-state index is 12.3. The number of para-hydroxylation sites is 1. The third-order valence-electron chi connectivity index (χ3n) is 3.71. The van der Waals surface area contributed by atoms with E-state index in [9.17, 15) is 19.7 Å². The highest BCUT2D eigenvalue weighted by molar-refractivity contribution is 5.82. The Hall–Kier alpha value is -3.42. The van der Waals surface area contributed by atoms with E-state index in [1.807, 2.05) is 18.2 Å². The largest absolute Gasteiger partial charge is 0.496 e. The third-order valence-corrected chi connectivity index (χ3v) is 3.71. The standard InChI is InChI=1S/C18H18N2O6/c1-19(10-13-5-3-4-6-16(13)25-2)18(22)12-26-17-8-7-15(20(23)24)9-14(17)11-21/h3-9,11H,10,12H2,1-2H3. The highest BCUT2D eigenvalue weighted by atomic mass is 16.6. The van der Waals surface area contributed by atoms with E-state index >= 15 is 0 Å². The van der Waals surface area contributed by atoms with Crippen molar-refractivity contribution < 1.29 is 24.0 Å². The van der Waals surface area contributed by atoms with Crippen LogP contribution in [0.25, 0.3) is 0 Å². The lowest BCUT2D eigenvalue weighted by Gasteiger charge is -2.19. The van der Waals surface area contributed by atoms with Crippen LogP contribution in [0.1, 0.15) is 15.9 Å². The zero-order chi connectivity index (χ0) is 19.1. The molecule has 0 radical (unpaired) electrons. The van der Waals surface area contributed by atoms with E-state index in [0.29, 0.717) is 18.6 Å². The number of carbonyl (C=O) groups is 2. The fourth-order valence-electron chi connectivity index (χ4n) is 2.30. The molecule has 0 spiro atoms. The molecule has 1 amide bonds. The first kappa shape index (κ1) is 18.9. The third kappa shape index (κ3) is 4.56. The number of hydrogen-bond acceptors (Lipinski definition) is 6.